The number of carbonyl (C=O) groups is 2. The molecule has 0 aromatic heterocycles. The van der Waals surface area contributed by atoms with Crippen molar-refractivity contribution in [2.45, 2.75) is 32.9 Å². The number of hydrogen-bond donors (Lipinski definition) is 0. The fourth-order valence-corrected chi connectivity index (χ4v) is 3.09. The van der Waals surface area contributed by atoms with Crippen LogP contribution in [0.25, 0.3) is 0 Å². The molecule has 1 aliphatic rings. The van der Waals surface area contributed by atoms with Gasteiger partial charge in [0.15, 0.2) is 5.78 Å². The van der Waals surface area contributed by atoms with Crippen LogP contribution in [-0.2, 0) is 11.3 Å². The summed E-state index contributed by atoms with van der Waals surface area (Å²) >= 11 is 0. The first-order valence-corrected chi connectivity index (χ1v) is 8.75. The topological polar surface area (TPSA) is 55.8 Å². The summed E-state index contributed by atoms with van der Waals surface area (Å²) in [6.45, 7) is 5.10. The first-order valence-electron chi connectivity index (χ1n) is 8.75. The highest BCUT2D eigenvalue weighted by atomic mass is 16.5. The van der Waals surface area contributed by atoms with E-state index in [1.54, 1.807) is 19.1 Å². The van der Waals surface area contributed by atoms with Crippen LogP contribution >= 0.6 is 0 Å². The first kappa shape index (κ1) is 18.0. The zero-order valence-electron chi connectivity index (χ0n) is 15.3. The Balaban J connectivity index is 1.88. The smallest absolute Gasteiger partial charge is 0.337 e. The van der Waals surface area contributed by atoms with Gasteiger partial charge in [0, 0.05) is 12.1 Å². The summed E-state index contributed by atoms with van der Waals surface area (Å²) in [4.78, 5) is 25.6. The summed E-state index contributed by atoms with van der Waals surface area (Å²) in [5.41, 5.74) is 3.21. The quantitative estimate of drug-likeness (QED) is 0.604. The van der Waals surface area contributed by atoms with Gasteiger partial charge >= 0.3 is 5.97 Å². The number of carbonyl (C=O) groups excluding carboxylic acids is 2. The number of rotatable bonds is 5. The number of Topliss-reactive ketones (excluding diaryl/α,β-unsaturated/α-hetero) is 1. The maximum absolute atomic E-state index is 11.7. The Hall–Kier alpha value is -2.82. The number of ether oxygens (including phenoxy) is 2. The summed E-state index contributed by atoms with van der Waals surface area (Å²) in [5, 5.41) is 0. The normalized spacial score (nSPS) is 15.8. The van der Waals surface area contributed by atoms with Crippen molar-refractivity contribution in [3.05, 3.63) is 59.2 Å². The minimum atomic E-state index is -0.342. The van der Waals surface area contributed by atoms with Gasteiger partial charge < -0.3 is 14.4 Å². The minimum Gasteiger partial charge on any atom is -0.486 e. The molecule has 0 saturated heterocycles. The Kier molecular flexibility index (Phi) is 5.26. The van der Waals surface area contributed by atoms with E-state index in [9.17, 15) is 9.59 Å². The van der Waals surface area contributed by atoms with Gasteiger partial charge in [-0.15, -0.1) is 0 Å². The van der Waals surface area contributed by atoms with Crippen molar-refractivity contribution in [3.8, 4) is 5.75 Å². The summed E-state index contributed by atoms with van der Waals surface area (Å²) in [6, 6.07) is 13.0. The van der Waals surface area contributed by atoms with Gasteiger partial charge in [-0.25, -0.2) is 4.79 Å². The summed E-state index contributed by atoms with van der Waals surface area (Å²) in [7, 11) is 1.37. The second-order valence-electron chi connectivity index (χ2n) is 6.46. The van der Waals surface area contributed by atoms with E-state index in [0.29, 0.717) is 17.7 Å². The van der Waals surface area contributed by atoms with Gasteiger partial charge in [0.1, 0.15) is 11.9 Å². The highest BCUT2D eigenvalue weighted by Crippen LogP contribution is 2.36. The van der Waals surface area contributed by atoms with Gasteiger partial charge in [0.05, 0.1) is 24.9 Å². The number of anilines is 1. The third kappa shape index (κ3) is 3.72. The highest BCUT2D eigenvalue weighted by molar-refractivity contribution is 5.95. The average molecular weight is 353 g/mol. The summed E-state index contributed by atoms with van der Waals surface area (Å²) < 4.78 is 10.8. The largest absolute Gasteiger partial charge is 0.486 e. The Morgan fingerprint density at radius 1 is 1.15 bits per heavy atom. The van der Waals surface area contributed by atoms with Gasteiger partial charge in [-0.2, -0.15) is 0 Å². The molecule has 0 bridgehead atoms. The van der Waals surface area contributed by atoms with Gasteiger partial charge in [-0.3, -0.25) is 4.79 Å². The molecule has 2 aromatic rings. The van der Waals surface area contributed by atoms with Gasteiger partial charge in [0.2, 0.25) is 0 Å². The maximum Gasteiger partial charge on any atom is 0.337 e. The van der Waals surface area contributed by atoms with Gasteiger partial charge in [-0.1, -0.05) is 19.1 Å². The maximum atomic E-state index is 11.7. The molecule has 2 aromatic carbocycles. The average Bonchev–Trinajstić information content (AvgIpc) is 2.67. The van der Waals surface area contributed by atoms with E-state index in [0.717, 1.165) is 30.0 Å². The lowest BCUT2D eigenvalue weighted by Gasteiger charge is -2.36. The van der Waals surface area contributed by atoms with Gasteiger partial charge in [-0.05, 0) is 49.2 Å². The molecular formula is C21H23NO4. The lowest BCUT2D eigenvalue weighted by molar-refractivity contribution is 0.0600. The molecule has 0 aliphatic carbocycles. The van der Waals surface area contributed by atoms with Crippen LogP contribution in [0.3, 0.4) is 0 Å². The van der Waals surface area contributed by atoms with Crippen molar-refractivity contribution in [1.82, 2.24) is 0 Å². The monoisotopic (exact) mass is 353 g/mol. The fraction of sp³-hybridized carbons (Fsp3) is 0.333. The molecule has 26 heavy (non-hydrogen) atoms. The molecule has 0 N–H and O–H groups in total. The lowest BCUT2D eigenvalue weighted by atomic mass is 10.1. The van der Waals surface area contributed by atoms with Crippen molar-refractivity contribution < 1.29 is 19.1 Å². The Morgan fingerprint density at radius 3 is 2.46 bits per heavy atom. The minimum absolute atomic E-state index is 0.0350. The standard InChI is InChI=1S/C21H23NO4/c1-4-18-13-22(12-15-5-7-16(8-6-15)21(24)25-3)19-11-17(14(2)23)9-10-20(19)26-18/h5-11,18H,4,12-13H2,1-3H3. The summed E-state index contributed by atoms with van der Waals surface area (Å²) in [6.07, 6.45) is 1.02. The van der Waals surface area contributed by atoms with Crippen LogP contribution in [0.4, 0.5) is 5.69 Å². The first-order chi connectivity index (χ1) is 12.5. The number of ketones is 1. The van der Waals surface area contributed by atoms with Crippen LogP contribution in [-0.4, -0.2) is 31.5 Å². The zero-order chi connectivity index (χ0) is 18.7. The van der Waals surface area contributed by atoms with E-state index in [2.05, 4.69) is 11.8 Å². The molecule has 0 amide bonds. The van der Waals surface area contributed by atoms with Crippen LogP contribution < -0.4 is 9.64 Å². The third-order valence-electron chi connectivity index (χ3n) is 4.63. The Bertz CT molecular complexity index is 813. The molecule has 3 rings (SSSR count). The molecule has 1 atom stereocenters. The molecule has 0 fully saturated rings. The molecule has 1 aliphatic heterocycles. The lowest BCUT2D eigenvalue weighted by Crippen LogP contribution is -2.39. The highest BCUT2D eigenvalue weighted by Gasteiger charge is 2.25. The molecule has 0 radical (unpaired) electrons. The predicted molar refractivity (Wildman–Crippen MR) is 100.0 cm³/mol. The van der Waals surface area contributed by atoms with E-state index in [1.807, 2.05) is 30.3 Å². The SMILES string of the molecule is CCC1CN(Cc2ccc(C(=O)OC)cc2)c2cc(C(C)=O)ccc2O1. The van der Waals surface area contributed by atoms with E-state index >= 15 is 0 Å². The summed E-state index contributed by atoms with van der Waals surface area (Å²) in [5.74, 6) is 0.498. The zero-order valence-corrected chi connectivity index (χ0v) is 15.3. The third-order valence-corrected chi connectivity index (χ3v) is 4.63. The number of methoxy groups -OCH3 is 1. The van der Waals surface area contributed by atoms with Crippen molar-refractivity contribution in [2.75, 3.05) is 18.6 Å². The van der Waals surface area contributed by atoms with Crippen LogP contribution in [0, 0.1) is 0 Å². The number of nitrogens with zero attached hydrogens (tertiary/aromatic N) is 1. The van der Waals surface area contributed by atoms with Crippen molar-refractivity contribution in [3.63, 3.8) is 0 Å². The number of benzene rings is 2. The van der Waals surface area contributed by atoms with Gasteiger partial charge in [0.25, 0.3) is 0 Å². The molecule has 0 saturated carbocycles. The Labute approximate surface area is 153 Å². The molecule has 1 heterocycles. The van der Waals surface area contributed by atoms with Crippen LogP contribution in [0.5, 0.6) is 5.75 Å². The second-order valence-corrected chi connectivity index (χ2v) is 6.46. The van der Waals surface area contributed by atoms with Crippen LogP contribution in [0.1, 0.15) is 46.5 Å². The number of fused-ring (bicyclic) bond motifs is 1. The number of esters is 1. The van der Waals surface area contributed by atoms with E-state index < -0.39 is 0 Å². The van der Waals surface area contributed by atoms with Crippen LogP contribution in [0.15, 0.2) is 42.5 Å². The molecular weight excluding hydrogens is 330 g/mol. The van der Waals surface area contributed by atoms with Crippen molar-refractivity contribution >= 4 is 17.4 Å². The Morgan fingerprint density at radius 2 is 1.85 bits per heavy atom. The second kappa shape index (κ2) is 7.60. The molecule has 1 unspecified atom stereocenters. The van der Waals surface area contributed by atoms with E-state index in [1.165, 1.54) is 7.11 Å². The fourth-order valence-electron chi connectivity index (χ4n) is 3.09. The molecule has 5 heteroatoms. The molecule has 0 spiro atoms. The van der Waals surface area contributed by atoms with Crippen LogP contribution in [0.2, 0.25) is 0 Å². The number of hydrogen-bond acceptors (Lipinski definition) is 5. The molecule has 5 nitrogen and oxygen atoms in total. The van der Waals surface area contributed by atoms with Crippen molar-refractivity contribution in [2.24, 2.45) is 0 Å². The molecule has 136 valence electrons. The predicted octanol–water partition coefficient (Wildman–Crippen LogP) is 3.85. The van der Waals surface area contributed by atoms with Crippen molar-refractivity contribution in [1.29, 1.82) is 0 Å². The van der Waals surface area contributed by atoms with E-state index in [4.69, 9.17) is 9.47 Å². The van der Waals surface area contributed by atoms with E-state index in [-0.39, 0.29) is 17.9 Å².